The molecule has 0 bridgehead atoms. The number of carbonyl (C=O) groups is 1. The van der Waals surface area contributed by atoms with Crippen molar-refractivity contribution in [3.63, 3.8) is 0 Å². The molecule has 1 saturated heterocycles. The van der Waals surface area contributed by atoms with E-state index in [0.29, 0.717) is 5.92 Å². The van der Waals surface area contributed by atoms with Crippen LogP contribution in [-0.4, -0.2) is 38.0 Å². The third-order valence-electron chi connectivity index (χ3n) is 3.65. The van der Waals surface area contributed by atoms with Crippen LogP contribution >= 0.6 is 0 Å². The highest BCUT2D eigenvalue weighted by Gasteiger charge is 2.28. The van der Waals surface area contributed by atoms with Crippen LogP contribution in [0.4, 0.5) is 5.69 Å². The number of carbonyl (C=O) groups excluding carboxylic acids is 1. The summed E-state index contributed by atoms with van der Waals surface area (Å²) in [5.74, 6) is 0.669. The Bertz CT molecular complexity index is 424. The Morgan fingerprint density at radius 2 is 2.00 bits per heavy atom. The molecule has 1 amide bonds. The van der Waals surface area contributed by atoms with E-state index in [2.05, 4.69) is 27.7 Å². The highest BCUT2D eigenvalue weighted by Crippen LogP contribution is 2.18. The standard InChI is InChI=1S/C15H23N3O/c1-11(13-8-16-9-13)15(19)17-14-6-4-12(5-7-14)10-18(2)3/h4-7,11,13,16H,8-10H2,1-3H3,(H,17,19). The van der Waals surface area contributed by atoms with E-state index >= 15 is 0 Å². The van der Waals surface area contributed by atoms with Crippen LogP contribution in [0.1, 0.15) is 12.5 Å². The Balaban J connectivity index is 1.89. The monoisotopic (exact) mass is 261 g/mol. The van der Waals surface area contributed by atoms with Gasteiger partial charge < -0.3 is 15.5 Å². The second kappa shape index (κ2) is 6.17. The van der Waals surface area contributed by atoms with Gasteiger partial charge in [0.2, 0.25) is 5.91 Å². The van der Waals surface area contributed by atoms with Gasteiger partial charge in [0.05, 0.1) is 0 Å². The molecule has 1 heterocycles. The minimum Gasteiger partial charge on any atom is -0.326 e. The summed E-state index contributed by atoms with van der Waals surface area (Å²) in [5, 5.41) is 6.19. The van der Waals surface area contributed by atoms with Crippen molar-refractivity contribution < 1.29 is 4.79 Å². The average molecular weight is 261 g/mol. The molecule has 1 aromatic carbocycles. The molecule has 0 spiro atoms. The molecule has 2 rings (SSSR count). The third-order valence-corrected chi connectivity index (χ3v) is 3.65. The van der Waals surface area contributed by atoms with Crippen molar-refractivity contribution in [2.45, 2.75) is 13.5 Å². The zero-order valence-electron chi connectivity index (χ0n) is 11.9. The fourth-order valence-corrected chi connectivity index (χ4v) is 2.19. The van der Waals surface area contributed by atoms with Crippen molar-refractivity contribution in [2.24, 2.45) is 11.8 Å². The lowest BCUT2D eigenvalue weighted by Gasteiger charge is -2.31. The van der Waals surface area contributed by atoms with E-state index in [4.69, 9.17) is 0 Å². The first-order chi connectivity index (χ1) is 9.06. The fourth-order valence-electron chi connectivity index (χ4n) is 2.19. The zero-order chi connectivity index (χ0) is 13.8. The maximum Gasteiger partial charge on any atom is 0.227 e. The Morgan fingerprint density at radius 3 is 2.47 bits per heavy atom. The van der Waals surface area contributed by atoms with Crippen molar-refractivity contribution in [1.29, 1.82) is 0 Å². The van der Waals surface area contributed by atoms with Crippen LogP contribution in [0, 0.1) is 11.8 Å². The Labute approximate surface area is 115 Å². The van der Waals surface area contributed by atoms with Crippen molar-refractivity contribution in [2.75, 3.05) is 32.5 Å². The van der Waals surface area contributed by atoms with Gasteiger partial charge in [0.1, 0.15) is 0 Å². The zero-order valence-corrected chi connectivity index (χ0v) is 11.9. The van der Waals surface area contributed by atoms with E-state index in [-0.39, 0.29) is 11.8 Å². The first-order valence-electron chi connectivity index (χ1n) is 6.81. The molecule has 0 saturated carbocycles. The van der Waals surface area contributed by atoms with Crippen molar-refractivity contribution >= 4 is 11.6 Å². The number of hydrogen-bond acceptors (Lipinski definition) is 3. The van der Waals surface area contributed by atoms with Gasteiger partial charge in [-0.05, 0) is 50.8 Å². The van der Waals surface area contributed by atoms with Crippen LogP contribution in [-0.2, 0) is 11.3 Å². The summed E-state index contributed by atoms with van der Waals surface area (Å²) < 4.78 is 0. The average Bonchev–Trinajstić information content (AvgIpc) is 2.28. The molecule has 1 aliphatic heterocycles. The molecule has 4 heteroatoms. The molecule has 4 nitrogen and oxygen atoms in total. The van der Waals surface area contributed by atoms with Crippen LogP contribution in [0.3, 0.4) is 0 Å². The molecule has 2 N–H and O–H groups in total. The second-order valence-electron chi connectivity index (χ2n) is 5.63. The summed E-state index contributed by atoms with van der Waals surface area (Å²) in [4.78, 5) is 14.2. The molecule has 0 aromatic heterocycles. The van der Waals surface area contributed by atoms with Crippen LogP contribution in [0.15, 0.2) is 24.3 Å². The Morgan fingerprint density at radius 1 is 1.37 bits per heavy atom. The second-order valence-corrected chi connectivity index (χ2v) is 5.63. The molecule has 104 valence electrons. The van der Waals surface area contributed by atoms with Gasteiger partial charge in [-0.25, -0.2) is 0 Å². The molecule has 1 unspecified atom stereocenters. The summed E-state index contributed by atoms with van der Waals surface area (Å²) in [6, 6.07) is 8.07. The quantitative estimate of drug-likeness (QED) is 0.845. The number of rotatable bonds is 5. The molecular weight excluding hydrogens is 238 g/mol. The van der Waals surface area contributed by atoms with Gasteiger partial charge in [-0.3, -0.25) is 4.79 Å². The van der Waals surface area contributed by atoms with Crippen molar-refractivity contribution in [1.82, 2.24) is 10.2 Å². The van der Waals surface area contributed by atoms with Crippen molar-refractivity contribution in [3.8, 4) is 0 Å². The summed E-state index contributed by atoms with van der Waals surface area (Å²) in [6.07, 6.45) is 0. The van der Waals surface area contributed by atoms with Gasteiger partial charge in [-0.15, -0.1) is 0 Å². The van der Waals surface area contributed by atoms with Crippen LogP contribution in [0.25, 0.3) is 0 Å². The smallest absolute Gasteiger partial charge is 0.227 e. The minimum atomic E-state index is 0.0719. The molecule has 0 aliphatic carbocycles. The molecule has 1 atom stereocenters. The van der Waals surface area contributed by atoms with Gasteiger partial charge in [0.25, 0.3) is 0 Å². The van der Waals surface area contributed by atoms with Crippen LogP contribution in [0.5, 0.6) is 0 Å². The molecular formula is C15H23N3O. The number of nitrogens with one attached hydrogen (secondary N) is 2. The molecule has 1 aromatic rings. The van der Waals surface area contributed by atoms with E-state index in [0.717, 1.165) is 25.3 Å². The summed E-state index contributed by atoms with van der Waals surface area (Å²) in [5.41, 5.74) is 2.13. The molecule has 19 heavy (non-hydrogen) atoms. The number of nitrogens with zero attached hydrogens (tertiary/aromatic N) is 1. The van der Waals surface area contributed by atoms with E-state index < -0.39 is 0 Å². The molecule has 1 aliphatic rings. The maximum absolute atomic E-state index is 12.1. The minimum absolute atomic E-state index is 0.0719. The Kier molecular flexibility index (Phi) is 4.56. The van der Waals surface area contributed by atoms with E-state index in [1.54, 1.807) is 0 Å². The first kappa shape index (κ1) is 14.0. The van der Waals surface area contributed by atoms with Crippen LogP contribution in [0.2, 0.25) is 0 Å². The number of amides is 1. The SMILES string of the molecule is CC(C(=O)Nc1ccc(CN(C)C)cc1)C1CNC1. The maximum atomic E-state index is 12.1. The van der Waals surface area contributed by atoms with Crippen LogP contribution < -0.4 is 10.6 Å². The predicted molar refractivity (Wildman–Crippen MR) is 78.0 cm³/mol. The lowest BCUT2D eigenvalue weighted by molar-refractivity contribution is -0.121. The van der Waals surface area contributed by atoms with Gasteiger partial charge >= 0.3 is 0 Å². The van der Waals surface area contributed by atoms with Crippen molar-refractivity contribution in [3.05, 3.63) is 29.8 Å². The van der Waals surface area contributed by atoms with E-state index in [1.807, 2.05) is 33.2 Å². The van der Waals surface area contributed by atoms with E-state index in [1.165, 1.54) is 5.56 Å². The summed E-state index contributed by atoms with van der Waals surface area (Å²) in [6.45, 7) is 4.83. The van der Waals surface area contributed by atoms with E-state index in [9.17, 15) is 4.79 Å². The predicted octanol–water partition coefficient (Wildman–Crippen LogP) is 1.54. The van der Waals surface area contributed by atoms with Gasteiger partial charge in [0.15, 0.2) is 0 Å². The number of benzene rings is 1. The molecule has 1 fully saturated rings. The number of anilines is 1. The lowest BCUT2D eigenvalue weighted by Crippen LogP contribution is -2.48. The number of hydrogen-bond donors (Lipinski definition) is 2. The first-order valence-corrected chi connectivity index (χ1v) is 6.81. The molecule has 0 radical (unpaired) electrons. The fraction of sp³-hybridized carbons (Fsp3) is 0.533. The van der Waals surface area contributed by atoms with Gasteiger partial charge in [-0.2, -0.15) is 0 Å². The summed E-state index contributed by atoms with van der Waals surface area (Å²) >= 11 is 0. The summed E-state index contributed by atoms with van der Waals surface area (Å²) in [7, 11) is 4.09. The Hall–Kier alpha value is -1.39. The van der Waals surface area contributed by atoms with Gasteiger partial charge in [0, 0.05) is 18.2 Å². The highest BCUT2D eigenvalue weighted by molar-refractivity contribution is 5.92. The topological polar surface area (TPSA) is 44.4 Å². The normalized spacial score (nSPS) is 17.1. The third kappa shape index (κ3) is 3.78. The lowest BCUT2D eigenvalue weighted by atomic mass is 9.88. The largest absolute Gasteiger partial charge is 0.326 e. The highest BCUT2D eigenvalue weighted by atomic mass is 16.1. The van der Waals surface area contributed by atoms with Gasteiger partial charge in [-0.1, -0.05) is 19.1 Å².